The highest BCUT2D eigenvalue weighted by molar-refractivity contribution is 6.30. The van der Waals surface area contributed by atoms with E-state index in [0.717, 1.165) is 18.0 Å². The van der Waals surface area contributed by atoms with Crippen LogP contribution in [0.3, 0.4) is 0 Å². The third-order valence-electron chi connectivity index (χ3n) is 2.75. The molecule has 82 valence electrons. The zero-order chi connectivity index (χ0) is 10.8. The molecule has 1 nitrogen and oxygen atoms in total. The van der Waals surface area contributed by atoms with Crippen LogP contribution in [0.5, 0.6) is 0 Å². The first kappa shape index (κ1) is 11.4. The molecule has 4 heteroatoms. The van der Waals surface area contributed by atoms with E-state index in [1.54, 1.807) is 0 Å². The quantitative estimate of drug-likeness (QED) is 0.755. The Bertz CT molecular complexity index is 354. The fourth-order valence-corrected chi connectivity index (χ4v) is 2.74. The summed E-state index contributed by atoms with van der Waals surface area (Å²) in [5, 5.41) is 0.787. The number of alkyl halides is 2. The van der Waals surface area contributed by atoms with Crippen LogP contribution >= 0.6 is 34.8 Å². The summed E-state index contributed by atoms with van der Waals surface area (Å²) in [6.07, 6.45) is 0.969. The van der Waals surface area contributed by atoms with Crippen molar-refractivity contribution in [1.29, 1.82) is 0 Å². The van der Waals surface area contributed by atoms with Crippen LogP contribution in [0.2, 0.25) is 5.02 Å². The topological polar surface area (TPSA) is 3.24 Å². The van der Waals surface area contributed by atoms with Crippen LogP contribution < -0.4 is 4.90 Å². The van der Waals surface area contributed by atoms with Crippen LogP contribution in [-0.2, 0) is 6.42 Å². The first-order chi connectivity index (χ1) is 7.26. The Morgan fingerprint density at radius 1 is 1.33 bits per heavy atom. The molecule has 0 amide bonds. The molecule has 0 aromatic heterocycles. The van der Waals surface area contributed by atoms with E-state index in [-0.39, 0.29) is 0 Å². The SMILES string of the molecule is ClCCN1c2ccc(Cl)cc2CC1CCl. The van der Waals surface area contributed by atoms with Crippen LogP contribution in [0.1, 0.15) is 5.56 Å². The maximum atomic E-state index is 5.96. The van der Waals surface area contributed by atoms with E-state index in [4.69, 9.17) is 34.8 Å². The van der Waals surface area contributed by atoms with Crippen molar-refractivity contribution >= 4 is 40.5 Å². The summed E-state index contributed by atoms with van der Waals surface area (Å²) in [5.74, 6) is 1.25. The molecule has 1 unspecified atom stereocenters. The molecule has 0 bridgehead atoms. The van der Waals surface area contributed by atoms with E-state index >= 15 is 0 Å². The molecule has 0 radical (unpaired) electrons. The van der Waals surface area contributed by atoms with Gasteiger partial charge < -0.3 is 4.90 Å². The van der Waals surface area contributed by atoms with Gasteiger partial charge in [-0.3, -0.25) is 0 Å². The molecule has 1 aromatic carbocycles. The van der Waals surface area contributed by atoms with Crippen LogP contribution in [0.15, 0.2) is 18.2 Å². The summed E-state index contributed by atoms with van der Waals surface area (Å²) >= 11 is 17.7. The lowest BCUT2D eigenvalue weighted by atomic mass is 10.1. The van der Waals surface area contributed by atoms with Crippen molar-refractivity contribution in [3.63, 3.8) is 0 Å². The maximum absolute atomic E-state index is 5.96. The smallest absolute Gasteiger partial charge is 0.0467 e. The molecule has 0 saturated heterocycles. The second-order valence-electron chi connectivity index (χ2n) is 3.67. The Balaban J connectivity index is 2.31. The Hall–Kier alpha value is -0.110. The number of hydrogen-bond acceptors (Lipinski definition) is 1. The second-order valence-corrected chi connectivity index (χ2v) is 4.79. The lowest BCUT2D eigenvalue weighted by Crippen LogP contribution is -2.34. The molecule has 0 spiro atoms. The summed E-state index contributed by atoms with van der Waals surface area (Å²) < 4.78 is 0. The van der Waals surface area contributed by atoms with E-state index in [0.29, 0.717) is 17.8 Å². The van der Waals surface area contributed by atoms with E-state index < -0.39 is 0 Å². The number of anilines is 1. The standard InChI is InChI=1S/C11H12Cl3N/c12-3-4-15-10(7-13)6-8-5-9(14)1-2-11(8)15/h1-2,5,10H,3-4,6-7H2. The number of nitrogens with zero attached hydrogens (tertiary/aromatic N) is 1. The zero-order valence-corrected chi connectivity index (χ0v) is 10.5. The molecule has 1 heterocycles. The maximum Gasteiger partial charge on any atom is 0.0467 e. The van der Waals surface area contributed by atoms with Gasteiger partial charge in [-0.2, -0.15) is 0 Å². The summed E-state index contributed by atoms with van der Waals surface area (Å²) in [7, 11) is 0. The summed E-state index contributed by atoms with van der Waals surface area (Å²) in [5.41, 5.74) is 2.50. The molecule has 1 aromatic rings. The minimum Gasteiger partial charge on any atom is -0.366 e. The van der Waals surface area contributed by atoms with Crippen LogP contribution in [-0.4, -0.2) is 24.3 Å². The Morgan fingerprint density at radius 3 is 2.80 bits per heavy atom. The van der Waals surface area contributed by atoms with Gasteiger partial charge in [0.2, 0.25) is 0 Å². The van der Waals surface area contributed by atoms with Crippen molar-refractivity contribution in [1.82, 2.24) is 0 Å². The normalized spacial score (nSPS) is 19.4. The summed E-state index contributed by atoms with van der Waals surface area (Å²) in [6.45, 7) is 0.841. The molecule has 15 heavy (non-hydrogen) atoms. The van der Waals surface area contributed by atoms with Gasteiger partial charge >= 0.3 is 0 Å². The molecule has 0 saturated carbocycles. The fourth-order valence-electron chi connectivity index (χ4n) is 2.09. The van der Waals surface area contributed by atoms with Gasteiger partial charge in [-0.15, -0.1) is 23.2 Å². The van der Waals surface area contributed by atoms with Gasteiger partial charge in [-0.05, 0) is 30.2 Å². The van der Waals surface area contributed by atoms with Gasteiger partial charge in [0.25, 0.3) is 0 Å². The van der Waals surface area contributed by atoms with Crippen molar-refractivity contribution in [3.8, 4) is 0 Å². The highest BCUT2D eigenvalue weighted by Crippen LogP contribution is 2.34. The highest BCUT2D eigenvalue weighted by atomic mass is 35.5. The van der Waals surface area contributed by atoms with E-state index in [9.17, 15) is 0 Å². The lowest BCUT2D eigenvalue weighted by Gasteiger charge is -2.25. The average molecular weight is 265 g/mol. The number of rotatable bonds is 3. The lowest BCUT2D eigenvalue weighted by molar-refractivity contribution is 0.698. The van der Waals surface area contributed by atoms with Crippen molar-refractivity contribution in [2.75, 3.05) is 23.2 Å². The van der Waals surface area contributed by atoms with Gasteiger partial charge in [0.15, 0.2) is 0 Å². The third kappa shape index (κ3) is 2.20. The highest BCUT2D eigenvalue weighted by Gasteiger charge is 2.27. The zero-order valence-electron chi connectivity index (χ0n) is 8.22. The molecule has 1 atom stereocenters. The molecule has 0 N–H and O–H groups in total. The molecular formula is C11H12Cl3N. The molecule has 0 fully saturated rings. The van der Waals surface area contributed by atoms with E-state index in [1.807, 2.05) is 12.1 Å². The molecule has 1 aliphatic rings. The van der Waals surface area contributed by atoms with Crippen LogP contribution in [0.4, 0.5) is 5.69 Å². The van der Waals surface area contributed by atoms with Gasteiger partial charge in [0.1, 0.15) is 0 Å². The third-order valence-corrected chi connectivity index (χ3v) is 3.51. The number of benzene rings is 1. The molecule has 0 aliphatic carbocycles. The first-order valence-corrected chi connectivity index (χ1v) is 6.38. The molecular weight excluding hydrogens is 252 g/mol. The Labute approximate surface area is 105 Å². The molecule has 1 aliphatic heterocycles. The monoisotopic (exact) mass is 263 g/mol. The Kier molecular flexibility index (Phi) is 3.65. The predicted octanol–water partition coefficient (Wildman–Crippen LogP) is 3.55. The first-order valence-electron chi connectivity index (χ1n) is 4.93. The van der Waals surface area contributed by atoms with Crippen LogP contribution in [0.25, 0.3) is 0 Å². The average Bonchev–Trinajstić information content (AvgIpc) is 2.56. The van der Waals surface area contributed by atoms with Crippen molar-refractivity contribution in [3.05, 3.63) is 28.8 Å². The van der Waals surface area contributed by atoms with E-state index in [2.05, 4.69) is 11.0 Å². The van der Waals surface area contributed by atoms with Gasteiger partial charge in [-0.1, -0.05) is 11.6 Å². The van der Waals surface area contributed by atoms with E-state index in [1.165, 1.54) is 11.3 Å². The fraction of sp³-hybridized carbons (Fsp3) is 0.455. The number of fused-ring (bicyclic) bond motifs is 1. The van der Waals surface area contributed by atoms with Crippen molar-refractivity contribution in [2.24, 2.45) is 0 Å². The summed E-state index contributed by atoms with van der Waals surface area (Å²) in [6, 6.07) is 6.35. The van der Waals surface area contributed by atoms with Gasteiger partial charge in [-0.25, -0.2) is 0 Å². The van der Waals surface area contributed by atoms with Gasteiger partial charge in [0, 0.05) is 35.1 Å². The second kappa shape index (κ2) is 4.82. The summed E-state index contributed by atoms with van der Waals surface area (Å²) in [4.78, 5) is 2.27. The minimum absolute atomic E-state index is 0.360. The van der Waals surface area contributed by atoms with Crippen molar-refractivity contribution < 1.29 is 0 Å². The number of halogens is 3. The Morgan fingerprint density at radius 2 is 2.13 bits per heavy atom. The number of hydrogen-bond donors (Lipinski definition) is 0. The van der Waals surface area contributed by atoms with Crippen molar-refractivity contribution in [2.45, 2.75) is 12.5 Å². The van der Waals surface area contributed by atoms with Crippen LogP contribution in [0, 0.1) is 0 Å². The molecule has 2 rings (SSSR count). The predicted molar refractivity (Wildman–Crippen MR) is 67.7 cm³/mol. The minimum atomic E-state index is 0.360. The largest absolute Gasteiger partial charge is 0.366 e. The van der Waals surface area contributed by atoms with Gasteiger partial charge in [0.05, 0.1) is 0 Å².